The molecule has 0 bridgehead atoms. The first kappa shape index (κ1) is 28.7. The Bertz CT molecular complexity index is 2510. The molecule has 6 rings (SSSR count). The summed E-state index contributed by atoms with van der Waals surface area (Å²) in [5.41, 5.74) is 9.26. The van der Waals surface area contributed by atoms with Crippen molar-refractivity contribution in [3.05, 3.63) is 125 Å². The fourth-order valence-electron chi connectivity index (χ4n) is 6.45. The van der Waals surface area contributed by atoms with Crippen LogP contribution in [0.5, 0.6) is 5.75 Å². The van der Waals surface area contributed by atoms with Crippen LogP contribution in [0.15, 0.2) is 91.6 Å². The van der Waals surface area contributed by atoms with Crippen LogP contribution in [-0.2, 0) is 16.2 Å². The highest BCUT2D eigenvalue weighted by Gasteiger charge is 2.26. The van der Waals surface area contributed by atoms with Crippen LogP contribution >= 0.6 is 0 Å². The number of aryl methyl sites for hydroxylation is 2. The van der Waals surface area contributed by atoms with Gasteiger partial charge < -0.3 is 5.11 Å². The summed E-state index contributed by atoms with van der Waals surface area (Å²) in [4.78, 5) is 10.0. The number of imidazole rings is 1. The van der Waals surface area contributed by atoms with Gasteiger partial charge in [-0.25, -0.2) is 4.98 Å². The predicted molar refractivity (Wildman–Crippen MR) is 217 cm³/mol. The number of hydrogen-bond acceptors (Lipinski definition) is 3. The highest BCUT2D eigenvalue weighted by Crippen LogP contribution is 2.42. The van der Waals surface area contributed by atoms with Crippen LogP contribution in [0.2, 0.25) is 0 Å². The van der Waals surface area contributed by atoms with Crippen LogP contribution in [0, 0.1) is 13.7 Å². The van der Waals surface area contributed by atoms with E-state index in [2.05, 4.69) is 105 Å². The molecular formula is C47H53N3O. The number of aromatic hydroxyl groups is 1. The third-order valence-electron chi connectivity index (χ3n) is 9.59. The number of rotatable bonds is 5. The molecule has 0 atom stereocenters. The molecule has 0 aliphatic carbocycles. The summed E-state index contributed by atoms with van der Waals surface area (Å²) < 4.78 is 51.9. The molecule has 0 unspecified atom stereocenters. The molecule has 6 aromatic rings. The molecule has 4 nitrogen and oxygen atoms in total. The minimum absolute atomic E-state index is 0.0476. The number of para-hydroxylation sites is 1. The summed E-state index contributed by atoms with van der Waals surface area (Å²) in [6.07, 6.45) is 1.79. The Balaban J connectivity index is 1.78. The molecule has 2 heterocycles. The Morgan fingerprint density at radius 3 is 2.00 bits per heavy atom. The quantitative estimate of drug-likeness (QED) is 0.197. The monoisotopic (exact) mass is 681 g/mol. The van der Waals surface area contributed by atoms with Gasteiger partial charge in [-0.15, -0.1) is 0 Å². The molecule has 0 radical (unpaired) electrons. The van der Waals surface area contributed by atoms with Crippen molar-refractivity contribution >= 4 is 16.6 Å². The van der Waals surface area contributed by atoms with E-state index in [9.17, 15) is 5.11 Å². The second-order valence-electron chi connectivity index (χ2n) is 16.9. The number of benzene rings is 4. The van der Waals surface area contributed by atoms with E-state index >= 15 is 0 Å². The maximum atomic E-state index is 11.8. The van der Waals surface area contributed by atoms with Gasteiger partial charge in [-0.3, -0.25) is 9.55 Å². The van der Waals surface area contributed by atoms with Gasteiger partial charge in [0.05, 0.1) is 22.3 Å². The van der Waals surface area contributed by atoms with Crippen molar-refractivity contribution in [1.82, 2.24) is 14.5 Å². The van der Waals surface area contributed by atoms with Crippen molar-refractivity contribution in [2.45, 2.75) is 99.2 Å². The van der Waals surface area contributed by atoms with Crippen LogP contribution < -0.4 is 0 Å². The molecule has 4 heteroatoms. The summed E-state index contributed by atoms with van der Waals surface area (Å²) in [6, 6.07) is 25.0. The van der Waals surface area contributed by atoms with Gasteiger partial charge in [0.15, 0.2) is 0 Å². The van der Waals surface area contributed by atoms with Crippen LogP contribution in [0.4, 0.5) is 0 Å². The highest BCUT2D eigenvalue weighted by molar-refractivity contribution is 5.97. The van der Waals surface area contributed by atoms with E-state index in [1.807, 2.05) is 41.8 Å². The molecule has 0 aliphatic heterocycles. The first-order chi connectivity index (χ1) is 26.1. The second kappa shape index (κ2) is 12.7. The average Bonchev–Trinajstić information content (AvgIpc) is 3.48. The first-order valence-corrected chi connectivity index (χ1v) is 17.5. The van der Waals surface area contributed by atoms with Gasteiger partial charge in [0.25, 0.3) is 0 Å². The lowest BCUT2D eigenvalue weighted by atomic mass is 9.80. The smallest absolute Gasteiger partial charge is 0.149 e. The van der Waals surface area contributed by atoms with Crippen LogP contribution in [0.3, 0.4) is 0 Å². The maximum Gasteiger partial charge on any atom is 0.149 e. The Hall–Kier alpha value is -4.96. The number of allylic oxidation sites excluding steroid dienone is 1. The predicted octanol–water partition coefficient (Wildman–Crippen LogP) is 12.7. The molecule has 1 N–H and O–H groups in total. The second-order valence-corrected chi connectivity index (χ2v) is 16.9. The topological polar surface area (TPSA) is 50.9 Å². The summed E-state index contributed by atoms with van der Waals surface area (Å²) in [7, 11) is 0. The van der Waals surface area contributed by atoms with Gasteiger partial charge in [-0.2, -0.15) is 0 Å². The molecule has 0 spiro atoms. The lowest BCUT2D eigenvalue weighted by Gasteiger charge is -2.27. The zero-order valence-electron chi connectivity index (χ0n) is 37.6. The minimum Gasteiger partial charge on any atom is -0.507 e. The fourth-order valence-corrected chi connectivity index (χ4v) is 6.45. The Morgan fingerprint density at radius 2 is 1.39 bits per heavy atom. The number of fused-ring (bicyclic) bond motifs is 1. The van der Waals surface area contributed by atoms with Crippen molar-refractivity contribution < 1.29 is 13.3 Å². The summed E-state index contributed by atoms with van der Waals surface area (Å²) >= 11 is 0. The average molecular weight is 682 g/mol. The maximum absolute atomic E-state index is 11.8. The standard InChI is InChI=1S/C47H53N3O/c1-28(2)31-17-18-48-39(24-31)33-21-32(22-34(23-33)45(5,6)7)38-15-14-16-40-43(38)49-44(42-30(4)19-29(3)20-41(42)51)50(40)37-26-35(46(8,9)10)25-36(27-37)47(11,12)13/h14-27,51H,1H2,2-13H3/i3D3,4D3. The number of phenolic OH excluding ortho intramolecular Hbond substituents is 1. The molecule has 262 valence electrons. The zero-order chi connectivity index (χ0) is 42.2. The van der Waals surface area contributed by atoms with Gasteiger partial charge in [-0.05, 0) is 124 Å². The molecule has 0 saturated carbocycles. The van der Waals surface area contributed by atoms with Crippen LogP contribution in [0.25, 0.3) is 56.1 Å². The Labute approximate surface area is 313 Å². The number of nitrogens with zero attached hydrogens (tertiary/aromatic N) is 3. The zero-order valence-corrected chi connectivity index (χ0v) is 31.6. The van der Waals surface area contributed by atoms with Gasteiger partial charge in [0, 0.05) is 31.2 Å². The van der Waals surface area contributed by atoms with E-state index in [1.54, 1.807) is 6.20 Å². The van der Waals surface area contributed by atoms with Gasteiger partial charge in [0.2, 0.25) is 0 Å². The lowest BCUT2D eigenvalue weighted by molar-refractivity contribution is 0.476. The van der Waals surface area contributed by atoms with Crippen molar-refractivity contribution in [2.75, 3.05) is 0 Å². The van der Waals surface area contributed by atoms with Crippen molar-refractivity contribution in [1.29, 1.82) is 0 Å². The van der Waals surface area contributed by atoms with Crippen molar-refractivity contribution in [3.63, 3.8) is 0 Å². The molecule has 0 amide bonds. The molecular weight excluding hydrogens is 623 g/mol. The van der Waals surface area contributed by atoms with E-state index in [4.69, 9.17) is 18.2 Å². The number of aromatic nitrogens is 3. The largest absolute Gasteiger partial charge is 0.507 e. The lowest BCUT2D eigenvalue weighted by Crippen LogP contribution is -2.17. The number of pyridine rings is 1. The van der Waals surface area contributed by atoms with Crippen molar-refractivity contribution in [3.8, 4) is 45.2 Å². The minimum atomic E-state index is -2.79. The SMILES string of the molecule is [2H]C([2H])([2H])c1cc(O)c(-c2nc3c(-c4cc(-c5cc(C(=C)C)ccn5)cc(C(C)(C)C)c4)cccc3n2-c2cc(C(C)(C)C)cc(C(C)(C)C)c2)c(C([2H])([2H])[2H])c1. The third-order valence-corrected chi connectivity index (χ3v) is 9.59. The highest BCUT2D eigenvalue weighted by atomic mass is 16.3. The van der Waals surface area contributed by atoms with Gasteiger partial charge in [-0.1, -0.05) is 105 Å². The molecule has 0 fully saturated rings. The van der Waals surface area contributed by atoms with Crippen LogP contribution in [0.1, 0.15) is 111 Å². The van der Waals surface area contributed by atoms with Crippen molar-refractivity contribution in [2.24, 2.45) is 0 Å². The summed E-state index contributed by atoms with van der Waals surface area (Å²) in [5, 5.41) is 11.8. The third kappa shape index (κ3) is 7.02. The number of hydrogen-bond donors (Lipinski definition) is 1. The number of phenols is 1. The van der Waals surface area contributed by atoms with Gasteiger partial charge in [0.1, 0.15) is 11.6 Å². The van der Waals surface area contributed by atoms with E-state index in [0.717, 1.165) is 68.0 Å². The molecule has 2 aromatic heterocycles. The van der Waals surface area contributed by atoms with E-state index < -0.39 is 19.5 Å². The summed E-state index contributed by atoms with van der Waals surface area (Å²) in [5.74, 6) is -0.288. The fraction of sp³-hybridized carbons (Fsp3) is 0.319. The Kier molecular flexibility index (Phi) is 7.13. The molecule has 51 heavy (non-hydrogen) atoms. The van der Waals surface area contributed by atoms with Gasteiger partial charge >= 0.3 is 0 Å². The normalized spacial score (nSPS) is 14.7. The first-order valence-electron chi connectivity index (χ1n) is 20.5. The van der Waals surface area contributed by atoms with Crippen LogP contribution in [-0.4, -0.2) is 19.6 Å². The molecule has 0 aliphatic rings. The summed E-state index contributed by atoms with van der Waals surface area (Å²) in [6.45, 7) is 20.1. The molecule has 4 aromatic carbocycles. The Morgan fingerprint density at radius 1 is 0.745 bits per heavy atom. The van der Waals surface area contributed by atoms with E-state index in [1.165, 1.54) is 0 Å². The molecule has 0 saturated heterocycles. The van der Waals surface area contributed by atoms with E-state index in [-0.39, 0.29) is 38.8 Å². The van der Waals surface area contributed by atoms with E-state index in [0.29, 0.717) is 11.0 Å².